The fourth-order valence-electron chi connectivity index (χ4n) is 2.23. The lowest BCUT2D eigenvalue weighted by Crippen LogP contribution is -2.13. The highest BCUT2D eigenvalue weighted by Crippen LogP contribution is 2.34. The molecule has 2 aromatic rings. The highest BCUT2D eigenvalue weighted by molar-refractivity contribution is 5.94. The predicted octanol–water partition coefficient (Wildman–Crippen LogP) is 2.68. The number of aliphatic hydroxyl groups is 1. The van der Waals surface area contributed by atoms with E-state index < -0.39 is 0 Å². The van der Waals surface area contributed by atoms with Crippen molar-refractivity contribution in [2.45, 2.75) is 13.3 Å². The SMILES string of the molecule is COc1cc2ccnc(NCC(C)CCO)c2cc1OC. The lowest BCUT2D eigenvalue weighted by molar-refractivity contribution is 0.266. The zero-order valence-electron chi connectivity index (χ0n) is 12.7. The van der Waals surface area contributed by atoms with Gasteiger partial charge in [-0.2, -0.15) is 0 Å². The third kappa shape index (κ3) is 3.55. The van der Waals surface area contributed by atoms with Crippen LogP contribution in [0, 0.1) is 5.92 Å². The quantitative estimate of drug-likeness (QED) is 0.821. The van der Waals surface area contributed by atoms with Crippen LogP contribution in [0.15, 0.2) is 24.4 Å². The molecule has 0 spiro atoms. The largest absolute Gasteiger partial charge is 0.493 e. The van der Waals surface area contributed by atoms with E-state index in [0.717, 1.165) is 29.6 Å². The number of pyridine rings is 1. The van der Waals surface area contributed by atoms with E-state index in [1.807, 2.05) is 18.2 Å². The molecule has 5 nitrogen and oxygen atoms in total. The molecule has 0 radical (unpaired) electrons. The second kappa shape index (κ2) is 7.13. The number of methoxy groups -OCH3 is 2. The molecule has 0 amide bonds. The predicted molar refractivity (Wildman–Crippen MR) is 84.2 cm³/mol. The Kier molecular flexibility index (Phi) is 5.22. The zero-order valence-corrected chi connectivity index (χ0v) is 12.7. The Bertz CT molecular complexity index is 601. The average molecular weight is 290 g/mol. The molecule has 2 N–H and O–H groups in total. The van der Waals surface area contributed by atoms with Crippen LogP contribution in [0.2, 0.25) is 0 Å². The van der Waals surface area contributed by atoms with Crippen molar-refractivity contribution in [2.24, 2.45) is 5.92 Å². The van der Waals surface area contributed by atoms with Crippen molar-refractivity contribution < 1.29 is 14.6 Å². The first-order valence-corrected chi connectivity index (χ1v) is 7.05. The number of nitrogens with zero attached hydrogens (tertiary/aromatic N) is 1. The van der Waals surface area contributed by atoms with Gasteiger partial charge in [-0.3, -0.25) is 0 Å². The van der Waals surface area contributed by atoms with Crippen molar-refractivity contribution in [2.75, 3.05) is 32.7 Å². The van der Waals surface area contributed by atoms with E-state index in [-0.39, 0.29) is 6.61 Å². The summed E-state index contributed by atoms with van der Waals surface area (Å²) in [7, 11) is 3.25. The van der Waals surface area contributed by atoms with Gasteiger partial charge in [0.2, 0.25) is 0 Å². The molecule has 1 heterocycles. The topological polar surface area (TPSA) is 63.6 Å². The van der Waals surface area contributed by atoms with Crippen LogP contribution in [0.25, 0.3) is 10.8 Å². The van der Waals surface area contributed by atoms with Crippen LogP contribution in [0.4, 0.5) is 5.82 Å². The Morgan fingerprint density at radius 2 is 1.95 bits per heavy atom. The number of hydrogen-bond donors (Lipinski definition) is 2. The van der Waals surface area contributed by atoms with Crippen LogP contribution in [0.1, 0.15) is 13.3 Å². The number of rotatable bonds is 7. The summed E-state index contributed by atoms with van der Waals surface area (Å²) in [6.45, 7) is 3.07. The van der Waals surface area contributed by atoms with Gasteiger partial charge in [-0.15, -0.1) is 0 Å². The average Bonchev–Trinajstić information content (AvgIpc) is 2.51. The molecular weight excluding hydrogens is 268 g/mol. The molecule has 21 heavy (non-hydrogen) atoms. The van der Waals surface area contributed by atoms with Gasteiger partial charge in [0.25, 0.3) is 0 Å². The van der Waals surface area contributed by atoms with Crippen LogP contribution >= 0.6 is 0 Å². The highest BCUT2D eigenvalue weighted by Gasteiger charge is 2.10. The Balaban J connectivity index is 2.31. The number of fused-ring (bicyclic) bond motifs is 1. The van der Waals surface area contributed by atoms with E-state index in [4.69, 9.17) is 14.6 Å². The van der Waals surface area contributed by atoms with Gasteiger partial charge in [-0.05, 0) is 35.9 Å². The van der Waals surface area contributed by atoms with E-state index in [9.17, 15) is 0 Å². The van der Waals surface area contributed by atoms with Crippen molar-refractivity contribution in [1.29, 1.82) is 0 Å². The molecule has 2 rings (SSSR count). The first-order chi connectivity index (χ1) is 10.2. The molecule has 114 valence electrons. The summed E-state index contributed by atoms with van der Waals surface area (Å²) < 4.78 is 10.7. The standard InChI is InChI=1S/C16H22N2O3/c1-11(5-7-19)10-18-16-13-9-15(21-3)14(20-2)8-12(13)4-6-17-16/h4,6,8-9,11,19H,5,7,10H2,1-3H3,(H,17,18). The number of anilines is 1. The molecule has 0 aliphatic heterocycles. The molecule has 0 bridgehead atoms. The number of hydrogen-bond acceptors (Lipinski definition) is 5. The molecule has 1 aromatic carbocycles. The van der Waals surface area contributed by atoms with Crippen LogP contribution in [0.5, 0.6) is 11.5 Å². The van der Waals surface area contributed by atoms with Crippen LogP contribution in [-0.2, 0) is 0 Å². The zero-order chi connectivity index (χ0) is 15.2. The molecule has 0 aliphatic rings. The van der Waals surface area contributed by atoms with Gasteiger partial charge >= 0.3 is 0 Å². The Morgan fingerprint density at radius 1 is 1.24 bits per heavy atom. The maximum Gasteiger partial charge on any atom is 0.161 e. The minimum absolute atomic E-state index is 0.205. The van der Waals surface area contributed by atoms with Crippen LogP contribution < -0.4 is 14.8 Å². The first-order valence-electron chi connectivity index (χ1n) is 7.05. The molecule has 0 saturated heterocycles. The molecule has 1 aromatic heterocycles. The van der Waals surface area contributed by atoms with Crippen LogP contribution in [-0.4, -0.2) is 37.5 Å². The minimum Gasteiger partial charge on any atom is -0.493 e. The van der Waals surface area contributed by atoms with Crippen molar-refractivity contribution in [3.63, 3.8) is 0 Å². The van der Waals surface area contributed by atoms with Crippen molar-refractivity contribution in [3.8, 4) is 11.5 Å². The van der Waals surface area contributed by atoms with Gasteiger partial charge in [0.15, 0.2) is 11.5 Å². The van der Waals surface area contributed by atoms with Crippen molar-refractivity contribution in [1.82, 2.24) is 4.98 Å². The van der Waals surface area contributed by atoms with Crippen molar-refractivity contribution in [3.05, 3.63) is 24.4 Å². The number of aliphatic hydroxyl groups excluding tert-OH is 1. The van der Waals surface area contributed by atoms with Crippen LogP contribution in [0.3, 0.4) is 0 Å². The molecule has 0 aliphatic carbocycles. The third-order valence-corrected chi connectivity index (χ3v) is 3.51. The summed E-state index contributed by atoms with van der Waals surface area (Å²) in [5.74, 6) is 2.59. The summed E-state index contributed by atoms with van der Waals surface area (Å²) in [5.41, 5.74) is 0. The monoisotopic (exact) mass is 290 g/mol. The summed E-state index contributed by atoms with van der Waals surface area (Å²) in [6.07, 6.45) is 2.54. The van der Waals surface area contributed by atoms with Gasteiger partial charge in [0, 0.05) is 24.7 Å². The number of benzene rings is 1. The van der Waals surface area contributed by atoms with Gasteiger partial charge in [0.05, 0.1) is 14.2 Å². The number of ether oxygens (including phenoxy) is 2. The molecule has 0 fully saturated rings. The summed E-state index contributed by atoms with van der Waals surface area (Å²) >= 11 is 0. The summed E-state index contributed by atoms with van der Waals surface area (Å²) in [5, 5.41) is 14.3. The van der Waals surface area contributed by atoms with Gasteiger partial charge in [-0.25, -0.2) is 4.98 Å². The van der Waals surface area contributed by atoms with Gasteiger partial charge in [-0.1, -0.05) is 6.92 Å². The Morgan fingerprint density at radius 3 is 2.62 bits per heavy atom. The Labute approximate surface area is 124 Å². The van der Waals surface area contributed by atoms with E-state index in [0.29, 0.717) is 17.4 Å². The Hall–Kier alpha value is -2.01. The van der Waals surface area contributed by atoms with Gasteiger partial charge < -0.3 is 19.9 Å². The highest BCUT2D eigenvalue weighted by atomic mass is 16.5. The fourth-order valence-corrected chi connectivity index (χ4v) is 2.23. The van der Waals surface area contributed by atoms with E-state index in [1.54, 1.807) is 20.4 Å². The lowest BCUT2D eigenvalue weighted by Gasteiger charge is -2.15. The molecular formula is C16H22N2O3. The van der Waals surface area contributed by atoms with Crippen molar-refractivity contribution >= 4 is 16.6 Å². The molecule has 5 heteroatoms. The third-order valence-electron chi connectivity index (χ3n) is 3.51. The fraction of sp³-hybridized carbons (Fsp3) is 0.438. The molecule has 0 saturated carbocycles. The normalized spacial score (nSPS) is 12.2. The lowest BCUT2D eigenvalue weighted by atomic mass is 10.1. The second-order valence-corrected chi connectivity index (χ2v) is 5.09. The van der Waals surface area contributed by atoms with E-state index in [1.165, 1.54) is 0 Å². The minimum atomic E-state index is 0.205. The van der Waals surface area contributed by atoms with Gasteiger partial charge in [0.1, 0.15) is 5.82 Å². The molecule has 1 unspecified atom stereocenters. The number of aromatic nitrogens is 1. The maximum absolute atomic E-state index is 8.96. The maximum atomic E-state index is 8.96. The van der Waals surface area contributed by atoms with E-state index >= 15 is 0 Å². The first kappa shape index (κ1) is 15.4. The summed E-state index contributed by atoms with van der Waals surface area (Å²) in [6, 6.07) is 5.82. The van der Waals surface area contributed by atoms with E-state index in [2.05, 4.69) is 17.2 Å². The smallest absolute Gasteiger partial charge is 0.161 e. The number of nitrogens with one attached hydrogen (secondary N) is 1. The molecule has 1 atom stereocenters. The second-order valence-electron chi connectivity index (χ2n) is 5.09. The summed E-state index contributed by atoms with van der Waals surface area (Å²) in [4.78, 5) is 4.40.